The number of hydrogen-bond acceptors (Lipinski definition) is 5. The van der Waals surface area contributed by atoms with Crippen molar-refractivity contribution < 1.29 is 9.59 Å². The van der Waals surface area contributed by atoms with Crippen LogP contribution in [-0.2, 0) is 22.7 Å². The zero-order valence-electron chi connectivity index (χ0n) is 11.5. The van der Waals surface area contributed by atoms with Gasteiger partial charge in [0.05, 0.1) is 11.9 Å². The molecule has 3 N–H and O–H groups in total. The predicted octanol–water partition coefficient (Wildman–Crippen LogP) is -1.28. The molecule has 8 heteroatoms. The van der Waals surface area contributed by atoms with Crippen LogP contribution in [0.2, 0.25) is 0 Å². The van der Waals surface area contributed by atoms with Crippen molar-refractivity contribution >= 4 is 11.8 Å². The fourth-order valence-electron chi connectivity index (χ4n) is 1.49. The molecule has 0 spiro atoms. The molecule has 0 saturated heterocycles. The van der Waals surface area contributed by atoms with E-state index in [9.17, 15) is 9.59 Å². The van der Waals surface area contributed by atoms with E-state index in [4.69, 9.17) is 5.73 Å². The van der Waals surface area contributed by atoms with Crippen LogP contribution in [0.3, 0.4) is 0 Å². The lowest BCUT2D eigenvalue weighted by atomic mass is 10.3. The molecule has 0 aliphatic heterocycles. The number of nitrogens with two attached hydrogens (primary N) is 1. The predicted molar refractivity (Wildman–Crippen MR) is 68.8 cm³/mol. The molecule has 1 aromatic heterocycles. The quantitative estimate of drug-likeness (QED) is 0.668. The van der Waals surface area contributed by atoms with E-state index in [1.54, 1.807) is 25.1 Å². The third kappa shape index (κ3) is 4.32. The van der Waals surface area contributed by atoms with E-state index in [0.717, 1.165) is 0 Å². The van der Waals surface area contributed by atoms with Crippen molar-refractivity contribution in [1.29, 1.82) is 0 Å². The number of likely N-dealkylation sites (N-methyl/N-ethyl adjacent to an activating group) is 1. The Hall–Kier alpha value is -1.96. The summed E-state index contributed by atoms with van der Waals surface area (Å²) in [7, 11) is 1.69. The van der Waals surface area contributed by atoms with Gasteiger partial charge in [-0.15, -0.1) is 5.10 Å². The smallest absolute Gasteiger partial charge is 0.244 e. The van der Waals surface area contributed by atoms with Gasteiger partial charge in [-0.3, -0.25) is 9.59 Å². The monoisotopic (exact) mass is 268 g/mol. The molecule has 0 fully saturated rings. The Morgan fingerprint density at radius 1 is 1.58 bits per heavy atom. The van der Waals surface area contributed by atoms with E-state index in [1.807, 2.05) is 6.92 Å². The second kappa shape index (κ2) is 6.83. The summed E-state index contributed by atoms with van der Waals surface area (Å²) in [6.07, 6.45) is 1.60. The third-order valence-electron chi connectivity index (χ3n) is 2.70. The van der Waals surface area contributed by atoms with E-state index in [1.165, 1.54) is 4.68 Å². The van der Waals surface area contributed by atoms with Gasteiger partial charge >= 0.3 is 0 Å². The summed E-state index contributed by atoms with van der Waals surface area (Å²) in [6, 6.07) is -0.560. The largest absolute Gasteiger partial charge is 0.344 e. The molecule has 2 amide bonds. The fraction of sp³-hybridized carbons (Fsp3) is 0.636. The molecule has 1 aromatic rings. The van der Waals surface area contributed by atoms with E-state index < -0.39 is 6.04 Å². The Bertz CT molecular complexity index is 444. The summed E-state index contributed by atoms with van der Waals surface area (Å²) in [5.41, 5.74) is 6.01. The first-order valence-electron chi connectivity index (χ1n) is 6.11. The molecule has 1 atom stereocenters. The summed E-state index contributed by atoms with van der Waals surface area (Å²) in [5, 5.41) is 10.2. The van der Waals surface area contributed by atoms with Crippen LogP contribution in [0, 0.1) is 0 Å². The molecule has 0 saturated carbocycles. The molecule has 0 aliphatic carbocycles. The number of carbonyl (C=O) groups excluding carboxylic acids is 2. The van der Waals surface area contributed by atoms with Crippen LogP contribution in [0.15, 0.2) is 6.20 Å². The lowest BCUT2D eigenvalue weighted by molar-refractivity contribution is -0.134. The number of hydrogen-bond donors (Lipinski definition) is 2. The van der Waals surface area contributed by atoms with Crippen LogP contribution in [0.4, 0.5) is 0 Å². The van der Waals surface area contributed by atoms with E-state index in [2.05, 4.69) is 15.6 Å². The van der Waals surface area contributed by atoms with E-state index in [-0.39, 0.29) is 24.9 Å². The van der Waals surface area contributed by atoms with Crippen molar-refractivity contribution in [2.75, 3.05) is 13.6 Å². The number of rotatable bonds is 6. The summed E-state index contributed by atoms with van der Waals surface area (Å²) >= 11 is 0. The number of aromatic nitrogens is 3. The van der Waals surface area contributed by atoms with E-state index in [0.29, 0.717) is 12.2 Å². The highest BCUT2D eigenvalue weighted by molar-refractivity contribution is 5.87. The van der Waals surface area contributed by atoms with Crippen LogP contribution >= 0.6 is 0 Å². The standard InChI is InChI=1S/C11H20N6O2/c1-4-16(3)11(19)8(2)13-10(18)7-17-6-9(5-12)14-15-17/h6,8H,4-5,7,12H2,1-3H3,(H,13,18). The summed E-state index contributed by atoms with van der Waals surface area (Å²) in [5.74, 6) is -0.420. The van der Waals surface area contributed by atoms with Gasteiger partial charge in [0.1, 0.15) is 12.6 Å². The summed E-state index contributed by atoms with van der Waals surface area (Å²) in [6.45, 7) is 4.41. The maximum atomic E-state index is 11.8. The van der Waals surface area contributed by atoms with Crippen molar-refractivity contribution in [1.82, 2.24) is 25.2 Å². The Morgan fingerprint density at radius 2 is 2.26 bits per heavy atom. The molecular weight excluding hydrogens is 248 g/mol. The van der Waals surface area contributed by atoms with Crippen molar-refractivity contribution in [3.63, 3.8) is 0 Å². The number of nitrogens with one attached hydrogen (secondary N) is 1. The molecule has 1 heterocycles. The molecule has 0 aliphatic rings. The lowest BCUT2D eigenvalue weighted by Crippen LogP contribution is -2.46. The maximum Gasteiger partial charge on any atom is 0.244 e. The molecule has 1 unspecified atom stereocenters. The van der Waals surface area contributed by atoms with Gasteiger partial charge in [-0.1, -0.05) is 5.21 Å². The third-order valence-corrected chi connectivity index (χ3v) is 2.70. The van der Waals surface area contributed by atoms with Crippen LogP contribution in [-0.4, -0.2) is 51.3 Å². The Labute approximate surface area is 111 Å². The number of amides is 2. The van der Waals surface area contributed by atoms with Crippen LogP contribution in [0.5, 0.6) is 0 Å². The van der Waals surface area contributed by atoms with Gasteiger partial charge in [0.15, 0.2) is 0 Å². The Balaban J connectivity index is 2.48. The zero-order chi connectivity index (χ0) is 14.4. The molecule has 1 rings (SSSR count). The average Bonchev–Trinajstić information content (AvgIpc) is 2.84. The van der Waals surface area contributed by atoms with Gasteiger partial charge in [-0.2, -0.15) is 0 Å². The summed E-state index contributed by atoms with van der Waals surface area (Å²) in [4.78, 5) is 25.1. The normalized spacial score (nSPS) is 12.0. The summed E-state index contributed by atoms with van der Waals surface area (Å²) < 4.78 is 1.39. The lowest BCUT2D eigenvalue weighted by Gasteiger charge is -2.20. The van der Waals surface area contributed by atoms with Crippen molar-refractivity contribution in [2.45, 2.75) is 33.0 Å². The highest BCUT2D eigenvalue weighted by Gasteiger charge is 2.18. The highest BCUT2D eigenvalue weighted by Crippen LogP contribution is 1.94. The molecule has 0 bridgehead atoms. The SMILES string of the molecule is CCN(C)C(=O)C(C)NC(=O)Cn1cc(CN)nn1. The minimum absolute atomic E-state index is 0.0143. The van der Waals surface area contributed by atoms with E-state index >= 15 is 0 Å². The molecule has 0 radical (unpaired) electrons. The van der Waals surface area contributed by atoms with Gasteiger partial charge in [0, 0.05) is 20.1 Å². The molecular formula is C11H20N6O2. The second-order valence-electron chi connectivity index (χ2n) is 4.25. The van der Waals surface area contributed by atoms with Gasteiger partial charge in [0.2, 0.25) is 11.8 Å². The van der Waals surface area contributed by atoms with Gasteiger partial charge in [0.25, 0.3) is 0 Å². The first kappa shape index (κ1) is 15.1. The minimum atomic E-state index is -0.560. The molecule has 8 nitrogen and oxygen atoms in total. The number of carbonyl (C=O) groups is 2. The highest BCUT2D eigenvalue weighted by atomic mass is 16.2. The maximum absolute atomic E-state index is 11.8. The van der Waals surface area contributed by atoms with Crippen LogP contribution < -0.4 is 11.1 Å². The van der Waals surface area contributed by atoms with Crippen molar-refractivity contribution in [3.05, 3.63) is 11.9 Å². The Kier molecular flexibility index (Phi) is 5.43. The molecule has 0 aromatic carbocycles. The van der Waals surface area contributed by atoms with Crippen LogP contribution in [0.1, 0.15) is 19.5 Å². The van der Waals surface area contributed by atoms with Gasteiger partial charge in [-0.25, -0.2) is 4.68 Å². The Morgan fingerprint density at radius 3 is 2.79 bits per heavy atom. The zero-order valence-corrected chi connectivity index (χ0v) is 11.5. The first-order valence-corrected chi connectivity index (χ1v) is 6.11. The molecule has 106 valence electrons. The van der Waals surface area contributed by atoms with Crippen molar-refractivity contribution in [2.24, 2.45) is 5.73 Å². The number of nitrogens with zero attached hydrogens (tertiary/aromatic N) is 4. The minimum Gasteiger partial charge on any atom is -0.344 e. The molecule has 19 heavy (non-hydrogen) atoms. The van der Waals surface area contributed by atoms with Gasteiger partial charge in [-0.05, 0) is 13.8 Å². The topological polar surface area (TPSA) is 106 Å². The van der Waals surface area contributed by atoms with Crippen LogP contribution in [0.25, 0.3) is 0 Å². The first-order chi connectivity index (χ1) is 8.97. The van der Waals surface area contributed by atoms with Gasteiger partial charge < -0.3 is 16.0 Å². The van der Waals surface area contributed by atoms with Crippen molar-refractivity contribution in [3.8, 4) is 0 Å². The second-order valence-corrected chi connectivity index (χ2v) is 4.25. The average molecular weight is 268 g/mol. The fourth-order valence-corrected chi connectivity index (χ4v) is 1.49.